The summed E-state index contributed by atoms with van der Waals surface area (Å²) < 4.78 is 5.49. The molecule has 1 aromatic carbocycles. The molecule has 0 saturated heterocycles. The van der Waals surface area contributed by atoms with E-state index in [2.05, 4.69) is 5.32 Å². The van der Waals surface area contributed by atoms with E-state index in [4.69, 9.17) is 22.7 Å². The predicted molar refractivity (Wildman–Crippen MR) is 62.8 cm³/mol. The highest BCUT2D eigenvalue weighted by Gasteiger charge is 2.05. The summed E-state index contributed by atoms with van der Waals surface area (Å²) in [7, 11) is 0. The molecule has 0 radical (unpaired) electrons. The van der Waals surface area contributed by atoms with Crippen molar-refractivity contribution in [3.63, 3.8) is 0 Å². The van der Waals surface area contributed by atoms with Crippen molar-refractivity contribution in [2.24, 2.45) is 5.73 Å². The zero-order valence-electron chi connectivity index (χ0n) is 8.33. The first-order valence-corrected chi connectivity index (χ1v) is 4.84. The molecule has 0 fully saturated rings. The summed E-state index contributed by atoms with van der Waals surface area (Å²) in [6.45, 7) is 4.55. The van der Waals surface area contributed by atoms with Crippen LogP contribution >= 0.6 is 12.2 Å². The molecule has 0 aliphatic rings. The Balaban J connectivity index is 3.01. The average molecular weight is 210 g/mol. The molecular weight excluding hydrogens is 196 g/mol. The fourth-order valence-corrected chi connectivity index (χ4v) is 1.33. The zero-order valence-corrected chi connectivity index (χ0v) is 9.15. The number of nitrogens with two attached hydrogens (primary N) is 1. The minimum atomic E-state index is 0.247. The molecule has 0 aromatic heterocycles. The number of hydrogen-bond acceptors (Lipinski definition) is 2. The van der Waals surface area contributed by atoms with Crippen LogP contribution in [0, 0.1) is 6.92 Å². The van der Waals surface area contributed by atoms with E-state index >= 15 is 0 Å². The largest absolute Gasteiger partial charge is 0.491 e. The first-order chi connectivity index (χ1) is 6.65. The van der Waals surface area contributed by atoms with E-state index in [1.165, 1.54) is 0 Å². The molecule has 0 heterocycles. The van der Waals surface area contributed by atoms with Crippen molar-refractivity contribution in [1.82, 2.24) is 0 Å². The molecule has 0 spiro atoms. The molecule has 3 nitrogen and oxygen atoms in total. The first-order valence-electron chi connectivity index (χ1n) is 4.44. The summed E-state index contributed by atoms with van der Waals surface area (Å²) in [4.78, 5) is 0. The summed E-state index contributed by atoms with van der Waals surface area (Å²) in [6.07, 6.45) is 0. The third kappa shape index (κ3) is 2.60. The van der Waals surface area contributed by atoms with Gasteiger partial charge < -0.3 is 15.8 Å². The zero-order chi connectivity index (χ0) is 10.6. The molecule has 0 bridgehead atoms. The number of para-hydroxylation sites is 1. The number of aryl methyl sites for hydroxylation is 1. The monoisotopic (exact) mass is 210 g/mol. The third-order valence-electron chi connectivity index (χ3n) is 1.76. The van der Waals surface area contributed by atoms with Gasteiger partial charge in [0.2, 0.25) is 0 Å². The van der Waals surface area contributed by atoms with Crippen LogP contribution in [-0.4, -0.2) is 11.7 Å². The Morgan fingerprint density at radius 2 is 2.29 bits per heavy atom. The van der Waals surface area contributed by atoms with Crippen molar-refractivity contribution in [1.29, 1.82) is 0 Å². The number of nitrogens with one attached hydrogen (secondary N) is 1. The van der Waals surface area contributed by atoms with Crippen LogP contribution in [0.3, 0.4) is 0 Å². The van der Waals surface area contributed by atoms with Gasteiger partial charge >= 0.3 is 0 Å². The van der Waals surface area contributed by atoms with Crippen LogP contribution in [0.25, 0.3) is 0 Å². The molecule has 0 aliphatic carbocycles. The van der Waals surface area contributed by atoms with Crippen molar-refractivity contribution in [3.05, 3.63) is 23.8 Å². The van der Waals surface area contributed by atoms with Crippen molar-refractivity contribution in [3.8, 4) is 5.75 Å². The summed E-state index contributed by atoms with van der Waals surface area (Å²) in [5.74, 6) is 0.808. The quantitative estimate of drug-likeness (QED) is 0.750. The van der Waals surface area contributed by atoms with Gasteiger partial charge in [0.05, 0.1) is 12.3 Å². The van der Waals surface area contributed by atoms with Gasteiger partial charge in [-0.3, -0.25) is 0 Å². The van der Waals surface area contributed by atoms with Crippen LogP contribution in [0.15, 0.2) is 18.2 Å². The molecule has 0 unspecified atom stereocenters. The van der Waals surface area contributed by atoms with Gasteiger partial charge in [0.25, 0.3) is 0 Å². The molecule has 76 valence electrons. The van der Waals surface area contributed by atoms with E-state index in [1.807, 2.05) is 32.0 Å². The Morgan fingerprint density at radius 1 is 1.57 bits per heavy atom. The number of anilines is 1. The number of hydrogen-bond donors (Lipinski definition) is 2. The Labute approximate surface area is 89.3 Å². The van der Waals surface area contributed by atoms with Crippen LogP contribution in [0.1, 0.15) is 12.5 Å². The van der Waals surface area contributed by atoms with Crippen molar-refractivity contribution in [2.75, 3.05) is 11.9 Å². The minimum Gasteiger partial charge on any atom is -0.491 e. The van der Waals surface area contributed by atoms with Crippen LogP contribution in [0.4, 0.5) is 5.69 Å². The highest BCUT2D eigenvalue weighted by Crippen LogP contribution is 2.28. The maximum Gasteiger partial charge on any atom is 0.168 e. The van der Waals surface area contributed by atoms with Gasteiger partial charge in [0.1, 0.15) is 5.75 Å². The molecule has 1 rings (SSSR count). The smallest absolute Gasteiger partial charge is 0.168 e. The lowest BCUT2D eigenvalue weighted by Crippen LogP contribution is -2.19. The molecule has 14 heavy (non-hydrogen) atoms. The van der Waals surface area contributed by atoms with E-state index in [0.29, 0.717) is 6.61 Å². The SMILES string of the molecule is CCOc1c(C)cccc1NC(N)=S. The third-order valence-corrected chi connectivity index (χ3v) is 1.86. The summed E-state index contributed by atoms with van der Waals surface area (Å²) in [5, 5.41) is 3.13. The highest BCUT2D eigenvalue weighted by atomic mass is 32.1. The van der Waals surface area contributed by atoms with Gasteiger partial charge in [0, 0.05) is 0 Å². The molecule has 3 N–H and O–H groups in total. The topological polar surface area (TPSA) is 47.3 Å². The maximum atomic E-state index is 5.49. The lowest BCUT2D eigenvalue weighted by molar-refractivity contribution is 0.339. The van der Waals surface area contributed by atoms with E-state index in [0.717, 1.165) is 17.0 Å². The number of benzene rings is 1. The molecule has 1 aromatic rings. The lowest BCUT2D eigenvalue weighted by atomic mass is 10.2. The second-order valence-electron chi connectivity index (χ2n) is 2.87. The van der Waals surface area contributed by atoms with Crippen LogP contribution in [-0.2, 0) is 0 Å². The number of ether oxygens (including phenoxy) is 1. The van der Waals surface area contributed by atoms with Gasteiger partial charge in [-0.1, -0.05) is 12.1 Å². The van der Waals surface area contributed by atoms with E-state index in [-0.39, 0.29) is 5.11 Å². The maximum absolute atomic E-state index is 5.49. The van der Waals surface area contributed by atoms with Crippen molar-refractivity contribution in [2.45, 2.75) is 13.8 Å². The van der Waals surface area contributed by atoms with Crippen LogP contribution in [0.5, 0.6) is 5.75 Å². The lowest BCUT2D eigenvalue weighted by Gasteiger charge is -2.13. The second kappa shape index (κ2) is 4.81. The molecule has 0 aliphatic heterocycles. The Morgan fingerprint density at radius 3 is 2.86 bits per heavy atom. The van der Waals surface area contributed by atoms with Crippen molar-refractivity contribution >= 4 is 23.0 Å². The predicted octanol–water partition coefficient (Wildman–Crippen LogP) is 2.05. The van der Waals surface area contributed by atoms with Gasteiger partial charge in [0.15, 0.2) is 5.11 Å². The number of rotatable bonds is 3. The van der Waals surface area contributed by atoms with Gasteiger partial charge in [-0.05, 0) is 37.7 Å². The fraction of sp³-hybridized carbons (Fsp3) is 0.300. The molecular formula is C10H14N2OS. The van der Waals surface area contributed by atoms with E-state index < -0.39 is 0 Å². The Hall–Kier alpha value is -1.29. The van der Waals surface area contributed by atoms with E-state index in [1.54, 1.807) is 0 Å². The second-order valence-corrected chi connectivity index (χ2v) is 3.31. The molecule has 0 atom stereocenters. The summed E-state index contributed by atoms with van der Waals surface area (Å²) >= 11 is 4.78. The molecule has 0 saturated carbocycles. The molecule has 4 heteroatoms. The van der Waals surface area contributed by atoms with Gasteiger partial charge in [-0.2, -0.15) is 0 Å². The van der Waals surface area contributed by atoms with Gasteiger partial charge in [-0.15, -0.1) is 0 Å². The highest BCUT2D eigenvalue weighted by molar-refractivity contribution is 7.80. The summed E-state index contributed by atoms with van der Waals surface area (Å²) in [5.41, 5.74) is 7.29. The Kier molecular flexibility index (Phi) is 3.71. The standard InChI is InChI=1S/C10H14N2OS/c1-3-13-9-7(2)5-4-6-8(9)12-10(11)14/h4-6H,3H2,1-2H3,(H3,11,12,14). The first kappa shape index (κ1) is 10.8. The average Bonchev–Trinajstić information content (AvgIpc) is 2.10. The normalized spacial score (nSPS) is 9.57. The van der Waals surface area contributed by atoms with Crippen LogP contribution in [0.2, 0.25) is 0 Å². The molecule has 0 amide bonds. The van der Waals surface area contributed by atoms with E-state index in [9.17, 15) is 0 Å². The Bertz CT molecular complexity index is 339. The summed E-state index contributed by atoms with van der Waals surface area (Å²) in [6, 6.07) is 5.80. The van der Waals surface area contributed by atoms with Crippen molar-refractivity contribution < 1.29 is 4.74 Å². The number of thiocarbonyl (C=S) groups is 1. The van der Waals surface area contributed by atoms with Crippen LogP contribution < -0.4 is 15.8 Å². The van der Waals surface area contributed by atoms with Gasteiger partial charge in [-0.25, -0.2) is 0 Å². The minimum absolute atomic E-state index is 0.247. The fourth-order valence-electron chi connectivity index (χ4n) is 1.22.